The summed E-state index contributed by atoms with van der Waals surface area (Å²) >= 11 is 0. The number of hydrogen-bond acceptors (Lipinski definition) is 5. The quantitative estimate of drug-likeness (QED) is 0.638. The maximum Gasteiger partial charge on any atom is 0.203 e. The molecule has 0 radical (unpaired) electrons. The molecule has 28 heavy (non-hydrogen) atoms. The Morgan fingerprint density at radius 1 is 0.893 bits per heavy atom. The van der Waals surface area contributed by atoms with E-state index in [1.165, 1.54) is 39.5 Å². The molecule has 2 aromatic heterocycles. The Morgan fingerprint density at radius 3 is 2.82 bits per heavy atom. The highest BCUT2D eigenvalue weighted by atomic mass is 15.3. The topological polar surface area (TPSA) is 75.9 Å². The molecule has 0 fully saturated rings. The minimum Gasteiger partial charge on any atom is -0.365 e. The number of imidazole rings is 1. The SMILES string of the molecule is c1cc2c(cc1N1CCc3nc(N4CCc5cn[nH]c5C4)[nH]c3C1)CNCC2. The number of fused-ring (bicyclic) bond motifs is 3. The van der Waals surface area contributed by atoms with Crippen LogP contribution in [0.2, 0.25) is 0 Å². The molecule has 0 bridgehead atoms. The van der Waals surface area contributed by atoms with E-state index in [4.69, 9.17) is 4.98 Å². The van der Waals surface area contributed by atoms with Gasteiger partial charge in [0.25, 0.3) is 0 Å². The summed E-state index contributed by atoms with van der Waals surface area (Å²) in [5, 5.41) is 10.8. The van der Waals surface area contributed by atoms with Crippen LogP contribution in [0.1, 0.15) is 33.8 Å². The first kappa shape index (κ1) is 16.2. The number of nitrogens with one attached hydrogen (secondary N) is 3. The fourth-order valence-electron chi connectivity index (χ4n) is 4.71. The van der Waals surface area contributed by atoms with E-state index in [1.807, 2.05) is 6.20 Å². The predicted molar refractivity (Wildman–Crippen MR) is 109 cm³/mol. The molecule has 144 valence electrons. The van der Waals surface area contributed by atoms with Crippen molar-refractivity contribution in [3.05, 3.63) is 58.2 Å². The molecule has 0 unspecified atom stereocenters. The Hall–Kier alpha value is -2.80. The Balaban J connectivity index is 1.23. The van der Waals surface area contributed by atoms with Crippen molar-refractivity contribution < 1.29 is 0 Å². The van der Waals surface area contributed by atoms with E-state index in [-0.39, 0.29) is 0 Å². The van der Waals surface area contributed by atoms with Gasteiger partial charge in [-0.05, 0) is 48.2 Å². The lowest BCUT2D eigenvalue weighted by molar-refractivity contribution is 0.642. The molecule has 3 aliphatic rings. The largest absolute Gasteiger partial charge is 0.365 e. The summed E-state index contributed by atoms with van der Waals surface area (Å²) in [6.45, 7) is 5.84. The van der Waals surface area contributed by atoms with E-state index in [0.29, 0.717) is 0 Å². The summed E-state index contributed by atoms with van der Waals surface area (Å²) < 4.78 is 0. The molecule has 0 amide bonds. The van der Waals surface area contributed by atoms with Gasteiger partial charge in [-0.1, -0.05) is 6.07 Å². The Labute approximate surface area is 164 Å². The van der Waals surface area contributed by atoms with Crippen LogP contribution in [0.15, 0.2) is 24.4 Å². The van der Waals surface area contributed by atoms with Crippen LogP contribution in [0.4, 0.5) is 11.6 Å². The number of H-pyrrole nitrogens is 2. The van der Waals surface area contributed by atoms with Gasteiger partial charge in [-0.3, -0.25) is 5.10 Å². The monoisotopic (exact) mass is 375 g/mol. The van der Waals surface area contributed by atoms with E-state index in [9.17, 15) is 0 Å². The van der Waals surface area contributed by atoms with Gasteiger partial charge in [0.2, 0.25) is 5.95 Å². The first-order valence-corrected chi connectivity index (χ1v) is 10.2. The van der Waals surface area contributed by atoms with Gasteiger partial charge in [-0.25, -0.2) is 4.98 Å². The highest BCUT2D eigenvalue weighted by Crippen LogP contribution is 2.29. The van der Waals surface area contributed by atoms with Crippen LogP contribution >= 0.6 is 0 Å². The molecule has 3 N–H and O–H groups in total. The number of rotatable bonds is 2. The first-order valence-electron chi connectivity index (χ1n) is 10.2. The summed E-state index contributed by atoms with van der Waals surface area (Å²) in [5.41, 5.74) is 9.29. The minimum absolute atomic E-state index is 0.850. The molecular formula is C21H25N7. The lowest BCUT2D eigenvalue weighted by atomic mass is 9.99. The molecule has 0 spiro atoms. The van der Waals surface area contributed by atoms with E-state index in [0.717, 1.165) is 64.5 Å². The zero-order valence-corrected chi connectivity index (χ0v) is 16.0. The van der Waals surface area contributed by atoms with Crippen LogP contribution in [0.25, 0.3) is 0 Å². The average Bonchev–Trinajstić information content (AvgIpc) is 3.39. The molecule has 0 saturated heterocycles. The summed E-state index contributed by atoms with van der Waals surface area (Å²) in [6, 6.07) is 6.97. The normalized spacial score (nSPS) is 18.6. The number of anilines is 2. The Kier molecular flexibility index (Phi) is 3.68. The van der Waals surface area contributed by atoms with Crippen LogP contribution in [-0.2, 0) is 38.9 Å². The Morgan fingerprint density at radius 2 is 1.82 bits per heavy atom. The molecule has 5 heterocycles. The third-order valence-electron chi connectivity index (χ3n) is 6.37. The van der Waals surface area contributed by atoms with Gasteiger partial charge < -0.3 is 20.1 Å². The van der Waals surface area contributed by atoms with Gasteiger partial charge in [0.15, 0.2) is 0 Å². The first-order chi connectivity index (χ1) is 13.8. The molecule has 3 aromatic rings. The predicted octanol–water partition coefficient (Wildman–Crippen LogP) is 1.90. The second kappa shape index (κ2) is 6.38. The standard InChI is InChI=1S/C21H25N7/c1-2-17(9-16-10-22-6-3-14(1)16)27-8-5-18-20(13-27)25-21(24-18)28-7-4-15-11-23-26-19(15)12-28/h1-2,9,11,22H,3-8,10,12-13H2,(H,23,26)(H,24,25). The van der Waals surface area contributed by atoms with Gasteiger partial charge in [-0.2, -0.15) is 5.10 Å². The zero-order chi connectivity index (χ0) is 18.5. The molecule has 0 aliphatic carbocycles. The van der Waals surface area contributed by atoms with Crippen molar-refractivity contribution in [3.63, 3.8) is 0 Å². The molecule has 0 atom stereocenters. The summed E-state index contributed by atoms with van der Waals surface area (Å²) in [7, 11) is 0. The highest BCUT2D eigenvalue weighted by molar-refractivity contribution is 5.53. The maximum absolute atomic E-state index is 4.93. The van der Waals surface area contributed by atoms with Crippen molar-refractivity contribution in [2.75, 3.05) is 29.4 Å². The van der Waals surface area contributed by atoms with Crippen molar-refractivity contribution in [1.29, 1.82) is 0 Å². The van der Waals surface area contributed by atoms with Gasteiger partial charge in [-0.15, -0.1) is 0 Å². The fraction of sp³-hybridized carbons (Fsp3) is 0.429. The minimum atomic E-state index is 0.850. The van der Waals surface area contributed by atoms with E-state index < -0.39 is 0 Å². The third-order valence-corrected chi connectivity index (χ3v) is 6.37. The second-order valence-corrected chi connectivity index (χ2v) is 8.08. The summed E-state index contributed by atoms with van der Waals surface area (Å²) in [5.74, 6) is 1.00. The fourth-order valence-corrected chi connectivity index (χ4v) is 4.71. The lowest BCUT2D eigenvalue weighted by Crippen LogP contribution is -2.31. The van der Waals surface area contributed by atoms with E-state index in [1.54, 1.807) is 0 Å². The Bertz CT molecular complexity index is 1020. The van der Waals surface area contributed by atoms with Gasteiger partial charge in [0.1, 0.15) is 0 Å². The molecule has 0 saturated carbocycles. The number of aromatic nitrogens is 4. The number of aromatic amines is 2. The molecule has 1 aromatic carbocycles. The van der Waals surface area contributed by atoms with Crippen LogP contribution in [0.5, 0.6) is 0 Å². The molecular weight excluding hydrogens is 350 g/mol. The third kappa shape index (κ3) is 2.69. The zero-order valence-electron chi connectivity index (χ0n) is 16.0. The van der Waals surface area contributed by atoms with Gasteiger partial charge in [0.05, 0.1) is 36.4 Å². The molecule has 7 nitrogen and oxygen atoms in total. The molecule has 6 rings (SSSR count). The summed E-state index contributed by atoms with van der Waals surface area (Å²) in [4.78, 5) is 13.3. The van der Waals surface area contributed by atoms with Crippen molar-refractivity contribution >= 4 is 11.6 Å². The highest BCUT2D eigenvalue weighted by Gasteiger charge is 2.25. The maximum atomic E-state index is 4.93. The van der Waals surface area contributed by atoms with Crippen molar-refractivity contribution in [2.45, 2.75) is 38.9 Å². The van der Waals surface area contributed by atoms with E-state index >= 15 is 0 Å². The molecule has 7 heteroatoms. The van der Waals surface area contributed by atoms with Crippen LogP contribution in [0, 0.1) is 0 Å². The van der Waals surface area contributed by atoms with Crippen LogP contribution in [0.3, 0.4) is 0 Å². The van der Waals surface area contributed by atoms with Crippen LogP contribution < -0.4 is 15.1 Å². The average molecular weight is 375 g/mol. The second-order valence-electron chi connectivity index (χ2n) is 8.08. The lowest BCUT2D eigenvalue weighted by Gasteiger charge is -2.29. The number of hydrogen-bond donors (Lipinski definition) is 3. The molecule has 3 aliphatic heterocycles. The van der Waals surface area contributed by atoms with E-state index in [2.05, 4.69) is 48.5 Å². The van der Waals surface area contributed by atoms with Crippen molar-refractivity contribution in [1.82, 2.24) is 25.5 Å². The van der Waals surface area contributed by atoms with Crippen molar-refractivity contribution in [3.8, 4) is 0 Å². The number of nitrogens with zero attached hydrogens (tertiary/aromatic N) is 4. The van der Waals surface area contributed by atoms with Gasteiger partial charge >= 0.3 is 0 Å². The number of benzene rings is 1. The van der Waals surface area contributed by atoms with Crippen molar-refractivity contribution in [2.24, 2.45) is 0 Å². The van der Waals surface area contributed by atoms with Crippen LogP contribution in [-0.4, -0.2) is 39.8 Å². The smallest absolute Gasteiger partial charge is 0.203 e. The summed E-state index contributed by atoms with van der Waals surface area (Å²) in [6.07, 6.45) is 5.10. The van der Waals surface area contributed by atoms with Gasteiger partial charge in [0, 0.05) is 31.7 Å².